The van der Waals surface area contributed by atoms with Crippen LogP contribution in [0.2, 0.25) is 5.02 Å². The predicted molar refractivity (Wildman–Crippen MR) is 104 cm³/mol. The predicted octanol–water partition coefficient (Wildman–Crippen LogP) is 4.45. The maximum absolute atomic E-state index is 12.6. The Labute approximate surface area is 166 Å². The van der Waals surface area contributed by atoms with Gasteiger partial charge in [-0.15, -0.1) is 11.3 Å². The standard InChI is InChI=1S/C17H13BrClN3O3S/c1-25-16(24)10-2-4-12(5-3-10)20-15(23)14-6-11(19)7-22(14)8-13-9-26-17(18)21-13/h2-7,9H,8H2,1H3,(H,20,23). The fourth-order valence-corrected chi connectivity index (χ4v) is 3.59. The Morgan fingerprint density at radius 1 is 1.35 bits per heavy atom. The maximum Gasteiger partial charge on any atom is 0.337 e. The molecule has 0 unspecified atom stereocenters. The quantitative estimate of drug-likeness (QED) is 0.578. The number of carbonyl (C=O) groups is 2. The number of hydrogen-bond donors (Lipinski definition) is 1. The first kappa shape index (κ1) is 18.6. The normalized spacial score (nSPS) is 10.6. The van der Waals surface area contributed by atoms with E-state index in [9.17, 15) is 9.59 Å². The molecular formula is C17H13BrClN3O3S. The molecule has 0 aliphatic carbocycles. The molecule has 1 N–H and O–H groups in total. The van der Waals surface area contributed by atoms with Gasteiger partial charge in [-0.05, 0) is 46.3 Å². The lowest BCUT2D eigenvalue weighted by Crippen LogP contribution is -2.17. The second-order valence-electron chi connectivity index (χ2n) is 5.29. The zero-order valence-corrected chi connectivity index (χ0v) is 16.7. The van der Waals surface area contributed by atoms with Gasteiger partial charge < -0.3 is 14.6 Å². The summed E-state index contributed by atoms with van der Waals surface area (Å²) in [5.41, 5.74) is 2.20. The minimum Gasteiger partial charge on any atom is -0.465 e. The summed E-state index contributed by atoms with van der Waals surface area (Å²) in [5.74, 6) is -0.741. The smallest absolute Gasteiger partial charge is 0.337 e. The molecule has 1 amide bonds. The Bertz CT molecular complexity index is 953. The molecule has 2 aromatic heterocycles. The van der Waals surface area contributed by atoms with Crippen LogP contribution in [-0.4, -0.2) is 28.5 Å². The van der Waals surface area contributed by atoms with Crippen molar-refractivity contribution in [3.63, 3.8) is 0 Å². The Morgan fingerprint density at radius 2 is 2.08 bits per heavy atom. The van der Waals surface area contributed by atoms with Crippen LogP contribution in [0.5, 0.6) is 0 Å². The highest BCUT2D eigenvalue weighted by molar-refractivity contribution is 9.11. The van der Waals surface area contributed by atoms with Crippen molar-refractivity contribution in [2.75, 3.05) is 12.4 Å². The van der Waals surface area contributed by atoms with E-state index in [-0.39, 0.29) is 5.91 Å². The number of nitrogens with one attached hydrogen (secondary N) is 1. The third-order valence-corrected chi connectivity index (χ3v) is 5.14. The highest BCUT2D eigenvalue weighted by Crippen LogP contribution is 2.21. The lowest BCUT2D eigenvalue weighted by molar-refractivity contribution is 0.0600. The van der Waals surface area contributed by atoms with Gasteiger partial charge in [-0.2, -0.15) is 0 Å². The number of amides is 1. The van der Waals surface area contributed by atoms with Crippen molar-refractivity contribution in [2.24, 2.45) is 0 Å². The first-order valence-electron chi connectivity index (χ1n) is 7.41. The minimum absolute atomic E-state index is 0.308. The molecule has 0 aliphatic rings. The van der Waals surface area contributed by atoms with Crippen LogP contribution in [-0.2, 0) is 11.3 Å². The molecule has 1 aromatic carbocycles. The molecule has 0 aliphatic heterocycles. The number of hydrogen-bond acceptors (Lipinski definition) is 5. The average Bonchev–Trinajstić information content (AvgIpc) is 3.20. The topological polar surface area (TPSA) is 73.2 Å². The van der Waals surface area contributed by atoms with Gasteiger partial charge in [0.15, 0.2) is 3.92 Å². The molecule has 0 saturated heterocycles. The van der Waals surface area contributed by atoms with E-state index < -0.39 is 5.97 Å². The molecule has 6 nitrogen and oxygen atoms in total. The van der Waals surface area contributed by atoms with Crippen molar-refractivity contribution in [1.82, 2.24) is 9.55 Å². The summed E-state index contributed by atoms with van der Waals surface area (Å²) >= 11 is 10.9. The number of benzene rings is 1. The van der Waals surface area contributed by atoms with E-state index >= 15 is 0 Å². The molecule has 134 valence electrons. The number of ether oxygens (including phenoxy) is 1. The summed E-state index contributed by atoms with van der Waals surface area (Å²) in [5, 5.41) is 5.16. The zero-order valence-electron chi connectivity index (χ0n) is 13.5. The van der Waals surface area contributed by atoms with Crippen LogP contribution in [0.15, 0.2) is 45.8 Å². The van der Waals surface area contributed by atoms with Crippen LogP contribution in [0.1, 0.15) is 26.5 Å². The molecule has 3 rings (SSSR count). The van der Waals surface area contributed by atoms with Gasteiger partial charge in [0.05, 0.1) is 29.9 Å². The molecule has 0 saturated carbocycles. The number of esters is 1. The summed E-state index contributed by atoms with van der Waals surface area (Å²) < 4.78 is 7.17. The van der Waals surface area contributed by atoms with Crippen molar-refractivity contribution < 1.29 is 14.3 Å². The van der Waals surface area contributed by atoms with Crippen molar-refractivity contribution in [2.45, 2.75) is 6.54 Å². The monoisotopic (exact) mass is 453 g/mol. The minimum atomic E-state index is -0.432. The number of thiazole rings is 1. The van der Waals surface area contributed by atoms with Crippen LogP contribution in [0.4, 0.5) is 5.69 Å². The summed E-state index contributed by atoms with van der Waals surface area (Å²) in [7, 11) is 1.32. The van der Waals surface area contributed by atoms with Crippen LogP contribution < -0.4 is 5.32 Å². The molecular weight excluding hydrogens is 442 g/mol. The third-order valence-electron chi connectivity index (χ3n) is 3.52. The summed E-state index contributed by atoms with van der Waals surface area (Å²) in [6.45, 7) is 0.429. The molecule has 3 aromatic rings. The van der Waals surface area contributed by atoms with Crippen LogP contribution in [0.25, 0.3) is 0 Å². The molecule has 0 spiro atoms. The number of anilines is 1. The number of nitrogens with zero attached hydrogens (tertiary/aromatic N) is 2. The molecule has 0 bridgehead atoms. The average molecular weight is 455 g/mol. The molecule has 0 atom stereocenters. The van der Waals surface area contributed by atoms with Gasteiger partial charge >= 0.3 is 5.97 Å². The van der Waals surface area contributed by atoms with Gasteiger partial charge in [0.25, 0.3) is 5.91 Å². The van der Waals surface area contributed by atoms with Gasteiger partial charge in [0.2, 0.25) is 0 Å². The van der Waals surface area contributed by atoms with Gasteiger partial charge in [0, 0.05) is 17.3 Å². The number of halogens is 2. The Hall–Kier alpha value is -2.16. The molecule has 0 radical (unpaired) electrons. The van der Waals surface area contributed by atoms with Crippen LogP contribution >= 0.6 is 38.9 Å². The lowest BCUT2D eigenvalue weighted by Gasteiger charge is -2.09. The third kappa shape index (κ3) is 4.32. The Morgan fingerprint density at radius 3 is 2.69 bits per heavy atom. The second kappa shape index (κ2) is 8.03. The van der Waals surface area contributed by atoms with Gasteiger partial charge in [0.1, 0.15) is 5.69 Å². The Kier molecular flexibility index (Phi) is 5.75. The summed E-state index contributed by atoms with van der Waals surface area (Å²) in [4.78, 5) is 28.4. The number of aromatic nitrogens is 2. The lowest BCUT2D eigenvalue weighted by atomic mass is 10.2. The molecule has 0 fully saturated rings. The van der Waals surface area contributed by atoms with Crippen LogP contribution in [0, 0.1) is 0 Å². The highest BCUT2D eigenvalue weighted by atomic mass is 79.9. The Balaban J connectivity index is 1.76. The van der Waals surface area contributed by atoms with Crippen molar-refractivity contribution >= 4 is 56.4 Å². The second-order valence-corrected chi connectivity index (χ2v) is 7.86. The van der Waals surface area contributed by atoms with E-state index in [0.29, 0.717) is 28.5 Å². The van der Waals surface area contributed by atoms with E-state index in [1.807, 2.05) is 5.38 Å². The van der Waals surface area contributed by atoms with E-state index in [2.05, 4.69) is 31.0 Å². The van der Waals surface area contributed by atoms with Gasteiger partial charge in [-0.3, -0.25) is 4.79 Å². The van der Waals surface area contributed by atoms with E-state index in [1.54, 1.807) is 41.1 Å². The molecule has 9 heteroatoms. The van der Waals surface area contributed by atoms with E-state index in [1.165, 1.54) is 18.4 Å². The number of carbonyl (C=O) groups excluding carboxylic acids is 2. The van der Waals surface area contributed by atoms with Crippen molar-refractivity contribution in [1.29, 1.82) is 0 Å². The largest absolute Gasteiger partial charge is 0.465 e. The van der Waals surface area contributed by atoms with Crippen LogP contribution in [0.3, 0.4) is 0 Å². The first-order chi connectivity index (χ1) is 12.5. The van der Waals surface area contributed by atoms with Gasteiger partial charge in [-0.25, -0.2) is 9.78 Å². The van der Waals surface area contributed by atoms with Crippen molar-refractivity contribution in [3.8, 4) is 0 Å². The SMILES string of the molecule is COC(=O)c1ccc(NC(=O)c2cc(Cl)cn2Cc2csc(Br)n2)cc1. The number of methoxy groups -OCH3 is 1. The van der Waals surface area contributed by atoms with Gasteiger partial charge in [-0.1, -0.05) is 11.6 Å². The fraction of sp³-hybridized carbons (Fsp3) is 0.118. The van der Waals surface area contributed by atoms with E-state index in [4.69, 9.17) is 11.6 Å². The van der Waals surface area contributed by atoms with E-state index in [0.717, 1.165) is 9.61 Å². The summed E-state index contributed by atoms with van der Waals surface area (Å²) in [6.07, 6.45) is 1.68. The molecule has 2 heterocycles. The zero-order chi connectivity index (χ0) is 18.7. The highest BCUT2D eigenvalue weighted by Gasteiger charge is 2.15. The number of rotatable bonds is 5. The summed E-state index contributed by atoms with van der Waals surface area (Å²) in [6, 6.07) is 8.04. The first-order valence-corrected chi connectivity index (χ1v) is 9.46. The molecule has 26 heavy (non-hydrogen) atoms. The fourth-order valence-electron chi connectivity index (χ4n) is 2.33. The van der Waals surface area contributed by atoms with Crippen molar-refractivity contribution in [3.05, 3.63) is 67.8 Å². The maximum atomic E-state index is 12.6.